The summed E-state index contributed by atoms with van der Waals surface area (Å²) in [7, 11) is 0. The zero-order valence-corrected chi connectivity index (χ0v) is 14.6. The van der Waals surface area contributed by atoms with Crippen molar-refractivity contribution < 1.29 is 4.79 Å². The summed E-state index contributed by atoms with van der Waals surface area (Å²) in [5.74, 6) is 1.80. The standard InChI is InChI=1S/C15H17Cl2N5O/c1-8(2)13-19-20-14-9(3)21(4-5-22(13)14)15(23)12-10(16)6-18-7-11(12)17/h6-9H,4-5H2,1-3H3. The molecule has 0 N–H and O–H groups in total. The summed E-state index contributed by atoms with van der Waals surface area (Å²) in [5, 5.41) is 9.04. The van der Waals surface area contributed by atoms with Crippen molar-refractivity contribution in [2.24, 2.45) is 0 Å². The number of nitrogens with zero attached hydrogens (tertiary/aromatic N) is 5. The largest absolute Gasteiger partial charge is 0.327 e. The number of amides is 1. The van der Waals surface area contributed by atoms with Crippen LogP contribution in [0.4, 0.5) is 0 Å². The maximum atomic E-state index is 12.9. The second-order valence-corrected chi connectivity index (χ2v) is 6.69. The Kier molecular flexibility index (Phi) is 4.29. The van der Waals surface area contributed by atoms with Crippen LogP contribution in [-0.2, 0) is 6.54 Å². The minimum Gasteiger partial charge on any atom is -0.327 e. The molecule has 1 amide bonds. The molecule has 6 nitrogen and oxygen atoms in total. The van der Waals surface area contributed by atoms with Crippen molar-refractivity contribution in [1.29, 1.82) is 0 Å². The molecule has 23 heavy (non-hydrogen) atoms. The number of halogens is 2. The van der Waals surface area contributed by atoms with Crippen molar-refractivity contribution in [1.82, 2.24) is 24.6 Å². The third-order valence-corrected chi connectivity index (χ3v) is 4.63. The molecule has 0 spiro atoms. The van der Waals surface area contributed by atoms with Crippen LogP contribution >= 0.6 is 23.2 Å². The predicted molar refractivity (Wildman–Crippen MR) is 87.8 cm³/mol. The Bertz CT molecular complexity index is 738. The smallest absolute Gasteiger partial charge is 0.257 e. The number of hydrogen-bond acceptors (Lipinski definition) is 4. The van der Waals surface area contributed by atoms with Crippen molar-refractivity contribution in [2.75, 3.05) is 6.54 Å². The fourth-order valence-corrected chi connectivity index (χ4v) is 3.40. The lowest BCUT2D eigenvalue weighted by Crippen LogP contribution is -2.41. The first kappa shape index (κ1) is 16.2. The highest BCUT2D eigenvalue weighted by Gasteiger charge is 2.33. The molecule has 0 saturated carbocycles. The van der Waals surface area contributed by atoms with Gasteiger partial charge in [0.15, 0.2) is 5.82 Å². The summed E-state index contributed by atoms with van der Waals surface area (Å²) in [4.78, 5) is 18.5. The average molecular weight is 354 g/mol. The van der Waals surface area contributed by atoms with Crippen molar-refractivity contribution >= 4 is 29.1 Å². The number of aromatic nitrogens is 4. The molecular weight excluding hydrogens is 337 g/mol. The van der Waals surface area contributed by atoms with Crippen LogP contribution in [0.3, 0.4) is 0 Å². The Hall–Kier alpha value is -1.66. The van der Waals surface area contributed by atoms with Gasteiger partial charge in [-0.15, -0.1) is 10.2 Å². The number of carbonyl (C=O) groups excluding carboxylic acids is 1. The molecule has 1 unspecified atom stereocenters. The van der Waals surface area contributed by atoms with Crippen molar-refractivity contribution in [3.8, 4) is 0 Å². The second kappa shape index (κ2) is 6.09. The molecule has 1 aliphatic rings. The number of hydrogen-bond donors (Lipinski definition) is 0. The van der Waals surface area contributed by atoms with Gasteiger partial charge in [0.05, 0.1) is 21.7 Å². The Labute approximate surface area is 144 Å². The van der Waals surface area contributed by atoms with Gasteiger partial charge in [-0.3, -0.25) is 9.78 Å². The van der Waals surface area contributed by atoms with E-state index in [9.17, 15) is 4.79 Å². The Morgan fingerprint density at radius 1 is 1.22 bits per heavy atom. The summed E-state index contributed by atoms with van der Waals surface area (Å²) in [5.41, 5.74) is 0.284. The van der Waals surface area contributed by atoms with Gasteiger partial charge in [0, 0.05) is 31.4 Å². The van der Waals surface area contributed by atoms with Gasteiger partial charge in [-0.2, -0.15) is 0 Å². The predicted octanol–water partition coefficient (Wildman–Crippen LogP) is 3.32. The number of carbonyl (C=O) groups is 1. The summed E-state index contributed by atoms with van der Waals surface area (Å²) < 4.78 is 2.09. The van der Waals surface area contributed by atoms with Crippen LogP contribution in [0.25, 0.3) is 0 Å². The maximum absolute atomic E-state index is 12.9. The first-order valence-corrected chi connectivity index (χ1v) is 8.20. The minimum absolute atomic E-state index is 0.198. The van der Waals surface area contributed by atoms with Crippen molar-refractivity contribution in [3.63, 3.8) is 0 Å². The van der Waals surface area contributed by atoms with Crippen molar-refractivity contribution in [3.05, 3.63) is 39.7 Å². The van der Waals surface area contributed by atoms with Crippen LogP contribution in [0.15, 0.2) is 12.4 Å². The molecule has 0 aliphatic carbocycles. The molecule has 0 fully saturated rings. The van der Waals surface area contributed by atoms with Crippen LogP contribution in [0.5, 0.6) is 0 Å². The summed E-state index contributed by atoms with van der Waals surface area (Å²) >= 11 is 12.2. The first-order chi connectivity index (χ1) is 10.9. The summed E-state index contributed by atoms with van der Waals surface area (Å²) in [6, 6.07) is -0.198. The Morgan fingerprint density at radius 2 is 1.87 bits per heavy atom. The van der Waals surface area contributed by atoms with Gasteiger partial charge in [-0.25, -0.2) is 0 Å². The number of pyridine rings is 1. The molecule has 122 valence electrons. The summed E-state index contributed by atoms with van der Waals surface area (Å²) in [6.07, 6.45) is 2.85. The van der Waals surface area contributed by atoms with E-state index in [4.69, 9.17) is 23.2 Å². The van der Waals surface area contributed by atoms with E-state index in [1.165, 1.54) is 12.4 Å². The summed E-state index contributed by atoms with van der Waals surface area (Å²) in [6.45, 7) is 7.31. The molecule has 2 aromatic rings. The van der Waals surface area contributed by atoms with Crippen LogP contribution in [0, 0.1) is 0 Å². The normalized spacial score (nSPS) is 17.5. The van der Waals surface area contributed by atoms with Gasteiger partial charge in [-0.05, 0) is 6.92 Å². The lowest BCUT2D eigenvalue weighted by Gasteiger charge is -2.34. The molecule has 0 bridgehead atoms. The van der Waals surface area contributed by atoms with E-state index in [1.807, 2.05) is 6.92 Å². The molecule has 2 aromatic heterocycles. The van der Waals surface area contributed by atoms with E-state index in [0.29, 0.717) is 13.1 Å². The van der Waals surface area contributed by atoms with Crippen LogP contribution < -0.4 is 0 Å². The zero-order valence-electron chi connectivity index (χ0n) is 13.1. The van der Waals surface area contributed by atoms with Crippen LogP contribution in [0.2, 0.25) is 10.0 Å². The van der Waals surface area contributed by atoms with E-state index in [2.05, 4.69) is 33.6 Å². The molecule has 0 radical (unpaired) electrons. The highest BCUT2D eigenvalue weighted by atomic mass is 35.5. The van der Waals surface area contributed by atoms with E-state index >= 15 is 0 Å². The average Bonchev–Trinajstić information content (AvgIpc) is 2.92. The fraction of sp³-hybridized carbons (Fsp3) is 0.467. The number of fused-ring (bicyclic) bond motifs is 1. The van der Waals surface area contributed by atoms with E-state index < -0.39 is 0 Å². The van der Waals surface area contributed by atoms with Gasteiger partial charge in [0.1, 0.15) is 5.82 Å². The van der Waals surface area contributed by atoms with Crippen molar-refractivity contribution in [2.45, 2.75) is 39.3 Å². The van der Waals surface area contributed by atoms with Gasteiger partial charge in [0.25, 0.3) is 5.91 Å². The molecular formula is C15H17Cl2N5O. The molecule has 1 atom stereocenters. The van der Waals surface area contributed by atoms with E-state index in [-0.39, 0.29) is 33.5 Å². The second-order valence-electron chi connectivity index (χ2n) is 5.88. The Morgan fingerprint density at radius 3 is 2.48 bits per heavy atom. The minimum atomic E-state index is -0.213. The molecule has 3 rings (SSSR count). The molecule has 8 heteroatoms. The Balaban J connectivity index is 1.95. The zero-order chi connectivity index (χ0) is 16.7. The van der Waals surface area contributed by atoms with Gasteiger partial charge in [0.2, 0.25) is 0 Å². The van der Waals surface area contributed by atoms with Gasteiger partial charge in [-0.1, -0.05) is 37.0 Å². The maximum Gasteiger partial charge on any atom is 0.257 e. The van der Waals surface area contributed by atoms with Crippen LogP contribution in [0.1, 0.15) is 54.7 Å². The quantitative estimate of drug-likeness (QED) is 0.830. The third kappa shape index (κ3) is 2.70. The molecule has 0 aromatic carbocycles. The lowest BCUT2D eigenvalue weighted by atomic mass is 10.1. The van der Waals surface area contributed by atoms with E-state index in [0.717, 1.165) is 11.6 Å². The first-order valence-electron chi connectivity index (χ1n) is 7.44. The highest BCUT2D eigenvalue weighted by Crippen LogP contribution is 2.31. The molecule has 0 saturated heterocycles. The van der Waals surface area contributed by atoms with E-state index in [1.54, 1.807) is 4.90 Å². The van der Waals surface area contributed by atoms with Gasteiger partial charge < -0.3 is 9.47 Å². The van der Waals surface area contributed by atoms with Crippen LogP contribution in [-0.4, -0.2) is 37.1 Å². The lowest BCUT2D eigenvalue weighted by molar-refractivity contribution is 0.0636. The van der Waals surface area contributed by atoms with Gasteiger partial charge >= 0.3 is 0 Å². The molecule has 1 aliphatic heterocycles. The highest BCUT2D eigenvalue weighted by molar-refractivity contribution is 6.39. The number of rotatable bonds is 2. The SMILES string of the molecule is CC(C)c1nnc2n1CCN(C(=O)c1c(Cl)cncc1Cl)C2C. The third-order valence-electron chi connectivity index (χ3n) is 4.06. The fourth-order valence-electron chi connectivity index (χ4n) is 2.87. The monoisotopic (exact) mass is 353 g/mol. The topological polar surface area (TPSA) is 63.9 Å². The molecule has 3 heterocycles.